The van der Waals surface area contributed by atoms with Gasteiger partial charge in [0.15, 0.2) is 11.5 Å². The Kier molecular flexibility index (Phi) is 4.37. The summed E-state index contributed by atoms with van der Waals surface area (Å²) in [4.78, 5) is 17.1. The lowest BCUT2D eigenvalue weighted by atomic mass is 10.2. The third kappa shape index (κ3) is 2.90. The van der Waals surface area contributed by atoms with E-state index in [0.717, 1.165) is 11.3 Å². The fourth-order valence-corrected chi connectivity index (χ4v) is 2.57. The molecule has 0 radical (unpaired) electrons. The minimum absolute atomic E-state index is 0.135. The molecule has 0 amide bonds. The molecule has 0 saturated carbocycles. The summed E-state index contributed by atoms with van der Waals surface area (Å²) in [5, 5.41) is 0.484. The van der Waals surface area contributed by atoms with Gasteiger partial charge >= 0.3 is 0 Å². The molecule has 0 aliphatic heterocycles. The van der Waals surface area contributed by atoms with Gasteiger partial charge in [-0.2, -0.15) is 0 Å². The van der Waals surface area contributed by atoms with E-state index in [0.29, 0.717) is 28.9 Å². The standard InChI is InChI=1S/C18H18N2O4/c1-22-13-6-4-5-12(7-13)10-20-11-19-15-9-17(24-3)16(23-2)8-14(15)18(20)21/h4-9,11H,10H2,1-3H3. The molecule has 0 N–H and O–H groups in total. The van der Waals surface area contributed by atoms with Crippen molar-refractivity contribution in [3.05, 3.63) is 58.6 Å². The molecule has 3 aromatic rings. The van der Waals surface area contributed by atoms with Crippen LogP contribution in [0.15, 0.2) is 47.5 Å². The summed E-state index contributed by atoms with van der Waals surface area (Å²) in [5.74, 6) is 1.80. The van der Waals surface area contributed by atoms with Gasteiger partial charge < -0.3 is 14.2 Å². The zero-order valence-corrected chi connectivity index (χ0v) is 13.8. The predicted octanol–water partition coefficient (Wildman–Crippen LogP) is 2.47. The summed E-state index contributed by atoms with van der Waals surface area (Å²) in [6, 6.07) is 10.9. The van der Waals surface area contributed by atoms with Gasteiger partial charge in [0.05, 0.1) is 45.1 Å². The minimum Gasteiger partial charge on any atom is -0.497 e. The van der Waals surface area contributed by atoms with Crippen molar-refractivity contribution in [1.29, 1.82) is 0 Å². The number of methoxy groups -OCH3 is 3. The van der Waals surface area contributed by atoms with Crippen LogP contribution in [0.25, 0.3) is 10.9 Å². The van der Waals surface area contributed by atoms with E-state index in [1.54, 1.807) is 30.9 Å². The normalized spacial score (nSPS) is 10.6. The van der Waals surface area contributed by atoms with Gasteiger partial charge in [-0.25, -0.2) is 4.98 Å². The minimum atomic E-state index is -0.135. The van der Waals surface area contributed by atoms with Crippen LogP contribution in [0.1, 0.15) is 5.56 Å². The van der Waals surface area contributed by atoms with Crippen LogP contribution >= 0.6 is 0 Å². The molecular formula is C18H18N2O4. The first-order valence-electron chi connectivity index (χ1n) is 7.40. The summed E-state index contributed by atoms with van der Waals surface area (Å²) < 4.78 is 17.3. The molecule has 2 aromatic carbocycles. The lowest BCUT2D eigenvalue weighted by Crippen LogP contribution is -2.21. The number of nitrogens with zero attached hydrogens (tertiary/aromatic N) is 2. The molecule has 0 aliphatic rings. The first kappa shape index (κ1) is 15.9. The summed E-state index contributed by atoms with van der Waals surface area (Å²) in [7, 11) is 4.70. The van der Waals surface area contributed by atoms with Crippen LogP contribution in [0.5, 0.6) is 17.2 Å². The van der Waals surface area contributed by atoms with Gasteiger partial charge in [-0.1, -0.05) is 12.1 Å². The summed E-state index contributed by atoms with van der Waals surface area (Å²) in [5.41, 5.74) is 1.39. The molecule has 1 aromatic heterocycles. The Hall–Kier alpha value is -3.02. The van der Waals surface area contributed by atoms with E-state index in [1.807, 2.05) is 24.3 Å². The van der Waals surface area contributed by atoms with E-state index >= 15 is 0 Å². The molecule has 0 spiro atoms. The van der Waals surface area contributed by atoms with Gasteiger partial charge in [0.25, 0.3) is 5.56 Å². The molecule has 1 heterocycles. The number of fused-ring (bicyclic) bond motifs is 1. The van der Waals surface area contributed by atoms with Crippen molar-refractivity contribution in [2.45, 2.75) is 6.54 Å². The molecule has 0 aliphatic carbocycles. The molecule has 0 bridgehead atoms. The number of benzene rings is 2. The highest BCUT2D eigenvalue weighted by Gasteiger charge is 2.11. The Bertz CT molecular complexity index is 934. The third-order valence-corrected chi connectivity index (χ3v) is 3.82. The van der Waals surface area contributed by atoms with Crippen LogP contribution in [-0.4, -0.2) is 30.9 Å². The molecule has 0 unspecified atom stereocenters. The first-order chi connectivity index (χ1) is 11.7. The average Bonchev–Trinajstić information content (AvgIpc) is 2.63. The Morgan fingerprint density at radius 2 is 1.75 bits per heavy atom. The van der Waals surface area contributed by atoms with Crippen molar-refractivity contribution in [2.24, 2.45) is 0 Å². The fraction of sp³-hybridized carbons (Fsp3) is 0.222. The molecule has 0 atom stereocenters. The van der Waals surface area contributed by atoms with Crippen LogP contribution in [0.4, 0.5) is 0 Å². The van der Waals surface area contributed by atoms with Crippen molar-refractivity contribution in [3.8, 4) is 17.2 Å². The number of aromatic nitrogens is 2. The van der Waals surface area contributed by atoms with E-state index < -0.39 is 0 Å². The molecule has 0 saturated heterocycles. The third-order valence-electron chi connectivity index (χ3n) is 3.82. The van der Waals surface area contributed by atoms with E-state index in [2.05, 4.69) is 4.98 Å². The van der Waals surface area contributed by atoms with E-state index in [-0.39, 0.29) is 5.56 Å². The summed E-state index contributed by atoms with van der Waals surface area (Å²) in [6.07, 6.45) is 1.54. The Morgan fingerprint density at radius 1 is 1.00 bits per heavy atom. The van der Waals surface area contributed by atoms with Crippen molar-refractivity contribution < 1.29 is 14.2 Å². The number of ether oxygens (including phenoxy) is 3. The van der Waals surface area contributed by atoms with Crippen molar-refractivity contribution in [1.82, 2.24) is 9.55 Å². The van der Waals surface area contributed by atoms with Gasteiger partial charge in [0.2, 0.25) is 0 Å². The van der Waals surface area contributed by atoms with Gasteiger partial charge in [-0.15, -0.1) is 0 Å². The fourth-order valence-electron chi connectivity index (χ4n) is 2.57. The van der Waals surface area contributed by atoms with Crippen LogP contribution in [0.2, 0.25) is 0 Å². The zero-order valence-electron chi connectivity index (χ0n) is 13.8. The SMILES string of the molecule is COc1cccc(Cn2cnc3cc(OC)c(OC)cc3c2=O)c1. The molecule has 6 heteroatoms. The van der Waals surface area contributed by atoms with Crippen LogP contribution in [0.3, 0.4) is 0 Å². The largest absolute Gasteiger partial charge is 0.497 e. The second-order valence-corrected chi connectivity index (χ2v) is 5.25. The highest BCUT2D eigenvalue weighted by atomic mass is 16.5. The summed E-state index contributed by atoms with van der Waals surface area (Å²) in [6.45, 7) is 0.410. The molecule has 124 valence electrons. The Morgan fingerprint density at radius 3 is 2.46 bits per heavy atom. The van der Waals surface area contributed by atoms with Gasteiger partial charge in [-0.3, -0.25) is 9.36 Å². The van der Waals surface area contributed by atoms with Gasteiger partial charge in [0, 0.05) is 6.07 Å². The lowest BCUT2D eigenvalue weighted by Gasteiger charge is -2.11. The highest BCUT2D eigenvalue weighted by Crippen LogP contribution is 2.29. The smallest absolute Gasteiger partial charge is 0.261 e. The van der Waals surface area contributed by atoms with E-state index in [4.69, 9.17) is 14.2 Å². The zero-order chi connectivity index (χ0) is 17.1. The second kappa shape index (κ2) is 6.62. The number of rotatable bonds is 5. The number of hydrogen-bond donors (Lipinski definition) is 0. The molecule has 3 rings (SSSR count). The molecular weight excluding hydrogens is 308 g/mol. The van der Waals surface area contributed by atoms with Crippen LogP contribution in [0, 0.1) is 0 Å². The molecule has 24 heavy (non-hydrogen) atoms. The maximum Gasteiger partial charge on any atom is 0.261 e. The topological polar surface area (TPSA) is 62.6 Å². The Balaban J connectivity index is 2.06. The van der Waals surface area contributed by atoms with E-state index in [1.165, 1.54) is 13.4 Å². The van der Waals surface area contributed by atoms with E-state index in [9.17, 15) is 4.79 Å². The quantitative estimate of drug-likeness (QED) is 0.721. The van der Waals surface area contributed by atoms with Gasteiger partial charge in [0.1, 0.15) is 5.75 Å². The number of hydrogen-bond acceptors (Lipinski definition) is 5. The van der Waals surface area contributed by atoms with Crippen LogP contribution < -0.4 is 19.8 Å². The highest BCUT2D eigenvalue weighted by molar-refractivity contribution is 5.81. The second-order valence-electron chi connectivity index (χ2n) is 5.25. The molecule has 6 nitrogen and oxygen atoms in total. The lowest BCUT2D eigenvalue weighted by molar-refractivity contribution is 0.355. The maximum atomic E-state index is 12.8. The Labute approximate surface area is 139 Å². The average molecular weight is 326 g/mol. The first-order valence-corrected chi connectivity index (χ1v) is 7.40. The van der Waals surface area contributed by atoms with Gasteiger partial charge in [-0.05, 0) is 23.8 Å². The predicted molar refractivity (Wildman–Crippen MR) is 91.2 cm³/mol. The van der Waals surface area contributed by atoms with Crippen molar-refractivity contribution >= 4 is 10.9 Å². The van der Waals surface area contributed by atoms with Crippen molar-refractivity contribution in [2.75, 3.05) is 21.3 Å². The molecule has 0 fully saturated rings. The summed E-state index contributed by atoms with van der Waals surface area (Å²) >= 11 is 0. The van der Waals surface area contributed by atoms with Crippen molar-refractivity contribution in [3.63, 3.8) is 0 Å². The van der Waals surface area contributed by atoms with Crippen LogP contribution in [-0.2, 0) is 6.54 Å². The maximum absolute atomic E-state index is 12.8. The monoisotopic (exact) mass is 326 g/mol.